The lowest BCUT2D eigenvalue weighted by atomic mass is 9.92. The normalized spacial score (nSPS) is 16.9. The van der Waals surface area contributed by atoms with E-state index in [0.29, 0.717) is 5.56 Å². The predicted molar refractivity (Wildman–Crippen MR) is 81.3 cm³/mol. The number of pyridine rings is 1. The number of hydrogen-bond acceptors (Lipinski definition) is 4. The third kappa shape index (κ3) is 2.89. The van der Waals surface area contributed by atoms with E-state index in [0.717, 1.165) is 30.6 Å². The second-order valence-electron chi connectivity index (χ2n) is 5.21. The minimum atomic E-state index is -0.314. The highest BCUT2D eigenvalue weighted by Gasteiger charge is 2.21. The zero-order valence-corrected chi connectivity index (χ0v) is 12.0. The smallest absolute Gasteiger partial charge is 0.337 e. The number of carbonyl (C=O) groups is 1. The number of carbonyl (C=O) groups excluding carboxylic acids is 1. The van der Waals surface area contributed by atoms with E-state index in [9.17, 15) is 4.79 Å². The third-order valence-electron chi connectivity index (χ3n) is 3.84. The first kappa shape index (κ1) is 13.6. The van der Waals surface area contributed by atoms with Crippen LogP contribution >= 0.6 is 0 Å². The van der Waals surface area contributed by atoms with Crippen molar-refractivity contribution < 1.29 is 9.53 Å². The summed E-state index contributed by atoms with van der Waals surface area (Å²) in [6.45, 7) is 0. The van der Waals surface area contributed by atoms with Crippen molar-refractivity contribution in [2.75, 3.05) is 12.4 Å². The van der Waals surface area contributed by atoms with Crippen molar-refractivity contribution >= 4 is 11.7 Å². The lowest BCUT2D eigenvalue weighted by molar-refractivity contribution is 0.0601. The number of nitrogens with one attached hydrogen (secondary N) is 1. The van der Waals surface area contributed by atoms with E-state index in [1.165, 1.54) is 12.7 Å². The first-order chi connectivity index (χ1) is 10.3. The van der Waals surface area contributed by atoms with Crippen molar-refractivity contribution in [1.82, 2.24) is 4.98 Å². The number of esters is 1. The van der Waals surface area contributed by atoms with Crippen LogP contribution in [0.15, 0.2) is 42.6 Å². The topological polar surface area (TPSA) is 51.2 Å². The number of fused-ring (bicyclic) bond motifs is 1. The summed E-state index contributed by atoms with van der Waals surface area (Å²) < 4.78 is 4.70. The average Bonchev–Trinajstić information content (AvgIpc) is 2.55. The minimum Gasteiger partial charge on any atom is -0.465 e. The Labute approximate surface area is 124 Å². The van der Waals surface area contributed by atoms with Gasteiger partial charge in [-0.15, -0.1) is 0 Å². The third-order valence-corrected chi connectivity index (χ3v) is 3.84. The van der Waals surface area contributed by atoms with Gasteiger partial charge in [-0.3, -0.25) is 4.98 Å². The van der Waals surface area contributed by atoms with Gasteiger partial charge in [-0.25, -0.2) is 4.79 Å². The lowest BCUT2D eigenvalue weighted by Crippen LogP contribution is -2.18. The summed E-state index contributed by atoms with van der Waals surface area (Å²) in [6.07, 6.45) is 5.18. The average molecular weight is 282 g/mol. The first-order valence-electron chi connectivity index (χ1n) is 7.16. The quantitative estimate of drug-likeness (QED) is 0.877. The molecule has 1 aromatic heterocycles. The van der Waals surface area contributed by atoms with E-state index in [1.54, 1.807) is 12.1 Å². The van der Waals surface area contributed by atoms with E-state index >= 15 is 0 Å². The summed E-state index contributed by atoms with van der Waals surface area (Å²) in [5.41, 5.74) is 4.02. The highest BCUT2D eigenvalue weighted by molar-refractivity contribution is 5.89. The van der Waals surface area contributed by atoms with Crippen LogP contribution in [0.1, 0.15) is 40.5 Å². The maximum absolute atomic E-state index is 11.4. The Morgan fingerprint density at radius 3 is 2.86 bits per heavy atom. The van der Waals surface area contributed by atoms with Crippen LogP contribution in [0.5, 0.6) is 0 Å². The molecule has 4 nitrogen and oxygen atoms in total. The summed E-state index contributed by atoms with van der Waals surface area (Å²) in [7, 11) is 1.39. The number of aromatic nitrogens is 1. The van der Waals surface area contributed by atoms with Crippen LogP contribution in [0.4, 0.5) is 5.69 Å². The largest absolute Gasteiger partial charge is 0.465 e. The SMILES string of the molecule is COC(=O)c1ccc(NC2CCCc3cccnc32)cc1. The van der Waals surface area contributed by atoms with Crippen molar-refractivity contribution in [3.63, 3.8) is 0 Å². The monoisotopic (exact) mass is 282 g/mol. The Morgan fingerprint density at radius 1 is 1.29 bits per heavy atom. The van der Waals surface area contributed by atoms with Gasteiger partial charge in [0.1, 0.15) is 0 Å². The Bertz CT molecular complexity index is 637. The number of methoxy groups -OCH3 is 1. The second-order valence-corrected chi connectivity index (χ2v) is 5.21. The van der Waals surface area contributed by atoms with Crippen LogP contribution in [0.3, 0.4) is 0 Å². The van der Waals surface area contributed by atoms with Gasteiger partial charge in [0.25, 0.3) is 0 Å². The van der Waals surface area contributed by atoms with Gasteiger partial charge in [-0.1, -0.05) is 6.07 Å². The van der Waals surface area contributed by atoms with Crippen LogP contribution in [0, 0.1) is 0 Å². The van der Waals surface area contributed by atoms with E-state index in [4.69, 9.17) is 4.74 Å². The molecular weight excluding hydrogens is 264 g/mol. The summed E-state index contributed by atoms with van der Waals surface area (Å²) in [4.78, 5) is 15.9. The summed E-state index contributed by atoms with van der Waals surface area (Å²) in [6, 6.07) is 11.7. The fourth-order valence-electron chi connectivity index (χ4n) is 2.77. The van der Waals surface area contributed by atoms with Gasteiger partial charge in [0, 0.05) is 11.9 Å². The van der Waals surface area contributed by atoms with E-state index in [-0.39, 0.29) is 12.0 Å². The maximum Gasteiger partial charge on any atom is 0.337 e. The molecule has 1 aliphatic rings. The molecule has 0 fully saturated rings. The molecule has 0 spiro atoms. The van der Waals surface area contributed by atoms with Gasteiger partial charge in [-0.2, -0.15) is 0 Å². The zero-order chi connectivity index (χ0) is 14.7. The molecule has 1 N–H and O–H groups in total. The second kappa shape index (κ2) is 5.95. The standard InChI is InChI=1S/C17H18N2O2/c1-21-17(20)13-7-9-14(10-8-13)19-15-6-2-4-12-5-3-11-18-16(12)15/h3,5,7-11,15,19H,2,4,6H2,1H3. The van der Waals surface area contributed by atoms with Crippen LogP contribution < -0.4 is 5.32 Å². The molecule has 4 heteroatoms. The lowest BCUT2D eigenvalue weighted by Gasteiger charge is -2.26. The molecule has 1 aromatic carbocycles. The van der Waals surface area contributed by atoms with Crippen LogP contribution in [-0.2, 0) is 11.2 Å². The maximum atomic E-state index is 11.4. The highest BCUT2D eigenvalue weighted by Crippen LogP contribution is 2.30. The number of nitrogens with zero attached hydrogens (tertiary/aromatic N) is 1. The van der Waals surface area contributed by atoms with Crippen molar-refractivity contribution in [2.45, 2.75) is 25.3 Å². The number of benzene rings is 1. The molecule has 3 rings (SSSR count). The highest BCUT2D eigenvalue weighted by atomic mass is 16.5. The molecule has 1 atom stereocenters. The van der Waals surface area contributed by atoms with Crippen molar-refractivity contribution in [3.8, 4) is 0 Å². The molecule has 21 heavy (non-hydrogen) atoms. The summed E-state index contributed by atoms with van der Waals surface area (Å²) in [5.74, 6) is -0.314. The molecule has 0 saturated carbocycles. The zero-order valence-electron chi connectivity index (χ0n) is 12.0. The van der Waals surface area contributed by atoms with Crippen LogP contribution in [0.25, 0.3) is 0 Å². The molecular formula is C17H18N2O2. The van der Waals surface area contributed by atoms with Gasteiger partial charge in [0.15, 0.2) is 0 Å². The van der Waals surface area contributed by atoms with Gasteiger partial charge in [-0.05, 0) is 55.2 Å². The Morgan fingerprint density at radius 2 is 2.10 bits per heavy atom. The van der Waals surface area contributed by atoms with Crippen molar-refractivity contribution in [2.24, 2.45) is 0 Å². The van der Waals surface area contributed by atoms with Gasteiger partial charge < -0.3 is 10.1 Å². The van der Waals surface area contributed by atoms with Crippen molar-refractivity contribution in [3.05, 3.63) is 59.4 Å². The Kier molecular flexibility index (Phi) is 3.86. The Balaban J connectivity index is 1.77. The number of aryl methyl sites for hydroxylation is 1. The van der Waals surface area contributed by atoms with Gasteiger partial charge in [0.2, 0.25) is 0 Å². The summed E-state index contributed by atoms with van der Waals surface area (Å²) >= 11 is 0. The van der Waals surface area contributed by atoms with Crippen molar-refractivity contribution in [1.29, 1.82) is 0 Å². The van der Waals surface area contributed by atoms with E-state index < -0.39 is 0 Å². The van der Waals surface area contributed by atoms with Gasteiger partial charge in [0.05, 0.1) is 24.4 Å². The molecule has 0 saturated heterocycles. The number of rotatable bonds is 3. The minimum absolute atomic E-state index is 0.235. The molecule has 1 aliphatic carbocycles. The number of ether oxygens (including phenoxy) is 1. The molecule has 108 valence electrons. The fourth-order valence-corrected chi connectivity index (χ4v) is 2.77. The number of hydrogen-bond donors (Lipinski definition) is 1. The van der Waals surface area contributed by atoms with E-state index in [2.05, 4.69) is 16.4 Å². The first-order valence-corrected chi connectivity index (χ1v) is 7.16. The molecule has 1 unspecified atom stereocenters. The molecule has 0 bridgehead atoms. The van der Waals surface area contributed by atoms with E-state index in [1.807, 2.05) is 24.4 Å². The molecule has 0 amide bonds. The molecule has 2 aromatic rings. The predicted octanol–water partition coefficient (Wildman–Crippen LogP) is 3.36. The fraction of sp³-hybridized carbons (Fsp3) is 0.294. The molecule has 0 radical (unpaired) electrons. The Hall–Kier alpha value is -2.36. The molecule has 1 heterocycles. The van der Waals surface area contributed by atoms with Crippen LogP contribution in [-0.4, -0.2) is 18.1 Å². The summed E-state index contributed by atoms with van der Waals surface area (Å²) in [5, 5.41) is 3.51. The van der Waals surface area contributed by atoms with Crippen LogP contribution in [0.2, 0.25) is 0 Å². The number of anilines is 1. The van der Waals surface area contributed by atoms with Gasteiger partial charge >= 0.3 is 5.97 Å². The molecule has 0 aliphatic heterocycles.